The van der Waals surface area contributed by atoms with Crippen molar-refractivity contribution in [1.29, 1.82) is 0 Å². The number of halogens is 3. The summed E-state index contributed by atoms with van der Waals surface area (Å²) in [5, 5.41) is 0. The molecule has 2 aromatic carbocycles. The van der Waals surface area contributed by atoms with E-state index in [2.05, 4.69) is 9.47 Å². The van der Waals surface area contributed by atoms with Gasteiger partial charge in [-0.05, 0) is 42.7 Å². The molecule has 1 fully saturated rings. The Morgan fingerprint density at radius 3 is 2.52 bits per heavy atom. The number of anilines is 1. The van der Waals surface area contributed by atoms with Crippen LogP contribution in [0.5, 0.6) is 0 Å². The molecule has 3 aromatic rings. The Bertz CT molecular complexity index is 931. The molecule has 1 aliphatic rings. The van der Waals surface area contributed by atoms with Gasteiger partial charge in [0, 0.05) is 19.1 Å². The Morgan fingerprint density at radius 2 is 1.81 bits per heavy atom. The van der Waals surface area contributed by atoms with Crippen LogP contribution < -0.4 is 10.6 Å². The summed E-state index contributed by atoms with van der Waals surface area (Å²) >= 11 is 0. The lowest BCUT2D eigenvalue weighted by Gasteiger charge is -2.32. The highest BCUT2D eigenvalue weighted by Gasteiger charge is 2.30. The van der Waals surface area contributed by atoms with E-state index in [9.17, 15) is 13.2 Å². The van der Waals surface area contributed by atoms with Crippen LogP contribution in [0.1, 0.15) is 24.0 Å². The van der Waals surface area contributed by atoms with Crippen molar-refractivity contribution in [3.05, 3.63) is 59.7 Å². The predicted octanol–water partition coefficient (Wildman–Crippen LogP) is 4.03. The monoisotopic (exact) mass is 374 g/mol. The van der Waals surface area contributed by atoms with Gasteiger partial charge in [-0.3, -0.25) is 0 Å². The van der Waals surface area contributed by atoms with Crippen molar-refractivity contribution in [1.82, 2.24) is 9.55 Å². The summed E-state index contributed by atoms with van der Waals surface area (Å²) in [6.07, 6.45) is -2.32. The fraction of sp³-hybridized carbons (Fsp3) is 0.350. The van der Waals surface area contributed by atoms with Gasteiger partial charge in [-0.2, -0.15) is 13.2 Å². The van der Waals surface area contributed by atoms with Crippen LogP contribution in [0, 0.1) is 0 Å². The van der Waals surface area contributed by atoms with Crippen LogP contribution in [0.3, 0.4) is 0 Å². The minimum absolute atomic E-state index is 0.109. The Balaban J connectivity index is 1.70. The Hall–Kier alpha value is -2.54. The third-order valence-corrected chi connectivity index (χ3v) is 5.00. The zero-order valence-electron chi connectivity index (χ0n) is 14.8. The van der Waals surface area contributed by atoms with E-state index in [-0.39, 0.29) is 6.04 Å². The average Bonchev–Trinajstić information content (AvgIpc) is 3.00. The van der Waals surface area contributed by atoms with Crippen LogP contribution in [0.2, 0.25) is 0 Å². The highest BCUT2D eigenvalue weighted by Crippen LogP contribution is 2.30. The minimum atomic E-state index is -4.32. The van der Waals surface area contributed by atoms with Gasteiger partial charge in [0.15, 0.2) is 0 Å². The molecule has 0 aliphatic carbocycles. The van der Waals surface area contributed by atoms with Gasteiger partial charge in [-0.15, -0.1) is 0 Å². The van der Waals surface area contributed by atoms with Crippen LogP contribution in [-0.4, -0.2) is 28.7 Å². The van der Waals surface area contributed by atoms with Gasteiger partial charge in [0.1, 0.15) is 0 Å². The van der Waals surface area contributed by atoms with E-state index in [1.807, 2.05) is 24.3 Å². The summed E-state index contributed by atoms with van der Waals surface area (Å²) in [7, 11) is 0. The van der Waals surface area contributed by atoms with Crippen molar-refractivity contribution >= 4 is 17.0 Å². The SMILES string of the molecule is N[C@@H]1CCCN(c2nc3ccccc3n2Cc2ccc(C(F)(F)F)cc2)C1. The van der Waals surface area contributed by atoms with Gasteiger partial charge in [0.25, 0.3) is 0 Å². The molecule has 1 saturated heterocycles. The molecule has 0 amide bonds. The molecule has 27 heavy (non-hydrogen) atoms. The standard InChI is InChI=1S/C20H21F3N4/c21-20(22,23)15-9-7-14(8-10-15)12-27-18-6-2-1-5-17(18)25-19(27)26-11-3-4-16(24)13-26/h1-2,5-10,16H,3-4,11-13,24H2/t16-/m1/s1. The van der Waals surface area contributed by atoms with E-state index >= 15 is 0 Å². The van der Waals surface area contributed by atoms with Crippen LogP contribution in [0.25, 0.3) is 11.0 Å². The molecule has 1 atom stereocenters. The number of imidazole rings is 1. The minimum Gasteiger partial charge on any atom is -0.341 e. The van der Waals surface area contributed by atoms with Gasteiger partial charge in [0.2, 0.25) is 5.95 Å². The molecule has 0 saturated carbocycles. The van der Waals surface area contributed by atoms with Crippen LogP contribution in [-0.2, 0) is 12.7 Å². The van der Waals surface area contributed by atoms with Gasteiger partial charge >= 0.3 is 6.18 Å². The molecule has 2 heterocycles. The molecule has 1 aliphatic heterocycles. The molecule has 7 heteroatoms. The largest absolute Gasteiger partial charge is 0.416 e. The number of fused-ring (bicyclic) bond motifs is 1. The number of rotatable bonds is 3. The maximum Gasteiger partial charge on any atom is 0.416 e. The average molecular weight is 374 g/mol. The number of nitrogens with zero attached hydrogens (tertiary/aromatic N) is 3. The second-order valence-electron chi connectivity index (χ2n) is 7.03. The Kier molecular flexibility index (Phi) is 4.55. The number of alkyl halides is 3. The molecule has 4 rings (SSSR count). The number of piperidine rings is 1. The molecule has 0 spiro atoms. The molecular weight excluding hydrogens is 353 g/mol. The van der Waals surface area contributed by atoms with E-state index in [1.54, 1.807) is 0 Å². The molecule has 142 valence electrons. The predicted molar refractivity (Wildman–Crippen MR) is 99.7 cm³/mol. The fourth-order valence-electron chi connectivity index (χ4n) is 3.63. The van der Waals surface area contributed by atoms with Crippen molar-refractivity contribution in [3.8, 4) is 0 Å². The van der Waals surface area contributed by atoms with E-state index in [0.29, 0.717) is 6.54 Å². The lowest BCUT2D eigenvalue weighted by molar-refractivity contribution is -0.137. The van der Waals surface area contributed by atoms with Crippen molar-refractivity contribution < 1.29 is 13.2 Å². The Labute approximate surface area is 155 Å². The molecule has 0 bridgehead atoms. The fourth-order valence-corrected chi connectivity index (χ4v) is 3.63. The maximum absolute atomic E-state index is 12.8. The highest BCUT2D eigenvalue weighted by molar-refractivity contribution is 5.79. The molecule has 2 N–H and O–H groups in total. The van der Waals surface area contributed by atoms with Gasteiger partial charge in [-0.1, -0.05) is 24.3 Å². The molecule has 4 nitrogen and oxygen atoms in total. The lowest BCUT2D eigenvalue weighted by Crippen LogP contribution is -2.44. The summed E-state index contributed by atoms with van der Waals surface area (Å²) in [5.41, 5.74) is 8.13. The zero-order chi connectivity index (χ0) is 19.0. The number of aromatic nitrogens is 2. The normalized spacial score (nSPS) is 18.2. The number of para-hydroxylation sites is 2. The third-order valence-electron chi connectivity index (χ3n) is 5.00. The highest BCUT2D eigenvalue weighted by atomic mass is 19.4. The lowest BCUT2D eigenvalue weighted by atomic mass is 10.1. The van der Waals surface area contributed by atoms with Crippen molar-refractivity contribution in [2.24, 2.45) is 5.73 Å². The summed E-state index contributed by atoms with van der Waals surface area (Å²) in [6, 6.07) is 13.2. The summed E-state index contributed by atoms with van der Waals surface area (Å²) in [4.78, 5) is 6.96. The topological polar surface area (TPSA) is 47.1 Å². The molecule has 0 unspecified atom stereocenters. The first kappa shape index (κ1) is 17.9. The van der Waals surface area contributed by atoms with Crippen molar-refractivity contribution in [2.45, 2.75) is 31.6 Å². The van der Waals surface area contributed by atoms with Gasteiger partial charge in [-0.25, -0.2) is 4.98 Å². The first-order chi connectivity index (χ1) is 12.9. The number of hydrogen-bond acceptors (Lipinski definition) is 3. The van der Waals surface area contributed by atoms with Crippen LogP contribution >= 0.6 is 0 Å². The van der Waals surface area contributed by atoms with Crippen LogP contribution in [0.15, 0.2) is 48.5 Å². The van der Waals surface area contributed by atoms with Crippen LogP contribution in [0.4, 0.5) is 19.1 Å². The summed E-state index contributed by atoms with van der Waals surface area (Å²) in [6.45, 7) is 2.07. The number of nitrogens with two attached hydrogens (primary N) is 1. The first-order valence-electron chi connectivity index (χ1n) is 9.04. The number of benzene rings is 2. The Morgan fingerprint density at radius 1 is 1.07 bits per heavy atom. The van der Waals surface area contributed by atoms with E-state index < -0.39 is 11.7 Å². The number of hydrogen-bond donors (Lipinski definition) is 1. The maximum atomic E-state index is 12.8. The molecule has 1 aromatic heterocycles. The smallest absolute Gasteiger partial charge is 0.341 e. The van der Waals surface area contributed by atoms with E-state index in [0.717, 1.165) is 60.6 Å². The quantitative estimate of drug-likeness (QED) is 0.753. The second kappa shape index (κ2) is 6.88. The molecule has 0 radical (unpaired) electrons. The van der Waals surface area contributed by atoms with Gasteiger partial charge < -0.3 is 15.2 Å². The van der Waals surface area contributed by atoms with E-state index in [1.165, 1.54) is 12.1 Å². The van der Waals surface area contributed by atoms with E-state index in [4.69, 9.17) is 10.7 Å². The second-order valence-corrected chi connectivity index (χ2v) is 7.03. The summed E-state index contributed by atoms with van der Waals surface area (Å²) in [5.74, 6) is 0.825. The first-order valence-corrected chi connectivity index (χ1v) is 9.04. The zero-order valence-corrected chi connectivity index (χ0v) is 14.8. The summed E-state index contributed by atoms with van der Waals surface area (Å²) < 4.78 is 40.5. The van der Waals surface area contributed by atoms with Crippen molar-refractivity contribution in [3.63, 3.8) is 0 Å². The van der Waals surface area contributed by atoms with Gasteiger partial charge in [0.05, 0.1) is 23.1 Å². The third kappa shape index (κ3) is 3.64. The molecular formula is C20H21F3N4. The van der Waals surface area contributed by atoms with Crippen molar-refractivity contribution in [2.75, 3.05) is 18.0 Å².